The SMILES string of the molecule is COc1ccc(-n2nc(C(C)(C)C)c3c2N(CC(=O)NCc2ccco2)C(=O)CS[C@@H]3c2cccc(C)c2)cc1. The van der Waals surface area contributed by atoms with Gasteiger partial charge in [0.05, 0.1) is 42.3 Å². The second-order valence-electron chi connectivity index (χ2n) is 10.9. The van der Waals surface area contributed by atoms with Gasteiger partial charge in [-0.2, -0.15) is 5.10 Å². The summed E-state index contributed by atoms with van der Waals surface area (Å²) in [6, 6.07) is 19.5. The molecule has 2 aromatic heterocycles. The van der Waals surface area contributed by atoms with Gasteiger partial charge in [0.1, 0.15) is 23.9 Å². The number of hydrogen-bond acceptors (Lipinski definition) is 6. The monoisotopic (exact) mass is 558 g/mol. The van der Waals surface area contributed by atoms with Crippen LogP contribution in [0.3, 0.4) is 0 Å². The van der Waals surface area contributed by atoms with Crippen molar-refractivity contribution >= 4 is 29.4 Å². The second-order valence-corrected chi connectivity index (χ2v) is 12.0. The lowest BCUT2D eigenvalue weighted by Crippen LogP contribution is -2.42. The lowest BCUT2D eigenvalue weighted by Gasteiger charge is -2.24. The van der Waals surface area contributed by atoms with E-state index in [1.54, 1.807) is 42.2 Å². The molecule has 8 nitrogen and oxygen atoms in total. The molecule has 40 heavy (non-hydrogen) atoms. The fourth-order valence-corrected chi connectivity index (χ4v) is 6.06. The normalized spacial score (nSPS) is 15.5. The van der Waals surface area contributed by atoms with Crippen LogP contribution in [0.2, 0.25) is 0 Å². The average Bonchev–Trinajstić information content (AvgIpc) is 3.56. The van der Waals surface area contributed by atoms with Crippen LogP contribution in [0.4, 0.5) is 5.82 Å². The lowest BCUT2D eigenvalue weighted by molar-refractivity contribution is -0.123. The zero-order valence-electron chi connectivity index (χ0n) is 23.4. The van der Waals surface area contributed by atoms with E-state index in [2.05, 4.69) is 51.2 Å². The number of benzene rings is 2. The van der Waals surface area contributed by atoms with Gasteiger partial charge in [-0.1, -0.05) is 50.6 Å². The Labute approximate surface area is 238 Å². The number of fused-ring (bicyclic) bond motifs is 1. The third-order valence-corrected chi connectivity index (χ3v) is 8.06. The molecule has 0 fully saturated rings. The van der Waals surface area contributed by atoms with Gasteiger partial charge >= 0.3 is 0 Å². The largest absolute Gasteiger partial charge is 0.497 e. The Balaban J connectivity index is 1.67. The van der Waals surface area contributed by atoms with E-state index < -0.39 is 0 Å². The van der Waals surface area contributed by atoms with Gasteiger partial charge in [-0.25, -0.2) is 4.68 Å². The van der Waals surface area contributed by atoms with Gasteiger partial charge in [0.25, 0.3) is 0 Å². The van der Waals surface area contributed by atoms with Crippen LogP contribution >= 0.6 is 11.8 Å². The molecule has 4 aromatic rings. The number of amides is 2. The molecule has 0 aliphatic carbocycles. The van der Waals surface area contributed by atoms with E-state index in [1.807, 2.05) is 35.0 Å². The highest BCUT2D eigenvalue weighted by Crippen LogP contribution is 2.48. The van der Waals surface area contributed by atoms with Crippen LogP contribution in [0, 0.1) is 6.92 Å². The minimum Gasteiger partial charge on any atom is -0.497 e. The highest BCUT2D eigenvalue weighted by molar-refractivity contribution is 8.00. The first-order chi connectivity index (χ1) is 19.2. The lowest BCUT2D eigenvalue weighted by atomic mass is 9.87. The summed E-state index contributed by atoms with van der Waals surface area (Å²) < 4.78 is 12.5. The molecule has 0 saturated heterocycles. The molecule has 3 heterocycles. The molecule has 208 valence electrons. The maximum Gasteiger partial charge on any atom is 0.240 e. The maximum atomic E-state index is 13.8. The minimum absolute atomic E-state index is 0.140. The Morgan fingerprint density at radius 3 is 2.58 bits per heavy atom. The number of nitrogens with one attached hydrogen (secondary N) is 1. The van der Waals surface area contributed by atoms with E-state index in [9.17, 15) is 9.59 Å². The van der Waals surface area contributed by atoms with E-state index in [1.165, 1.54) is 0 Å². The topological polar surface area (TPSA) is 89.6 Å². The summed E-state index contributed by atoms with van der Waals surface area (Å²) in [6.45, 7) is 8.54. The number of hydrogen-bond donors (Lipinski definition) is 1. The first-order valence-electron chi connectivity index (χ1n) is 13.2. The average molecular weight is 559 g/mol. The van der Waals surface area contributed by atoms with E-state index in [4.69, 9.17) is 14.3 Å². The van der Waals surface area contributed by atoms with Gasteiger partial charge in [0, 0.05) is 11.0 Å². The number of aryl methyl sites for hydroxylation is 1. The number of carbonyl (C=O) groups excluding carboxylic acids is 2. The first-order valence-corrected chi connectivity index (χ1v) is 14.3. The van der Waals surface area contributed by atoms with Crippen molar-refractivity contribution in [3.63, 3.8) is 0 Å². The Bertz CT molecular complexity index is 1500. The molecule has 1 aliphatic heterocycles. The number of nitrogens with zero attached hydrogens (tertiary/aromatic N) is 3. The standard InChI is InChI=1S/C31H34N4O4S/c1-20-8-6-9-21(16-20)28-27-29(31(2,3)4)33-35(22-11-13-23(38-5)14-12-22)30(27)34(26(37)19-40-28)18-25(36)32-17-24-10-7-15-39-24/h6-16,28H,17-19H2,1-5H3,(H,32,36)/t28-/m1/s1. The number of rotatable bonds is 7. The molecule has 0 radical (unpaired) electrons. The quantitative estimate of drug-likeness (QED) is 0.319. The summed E-state index contributed by atoms with van der Waals surface area (Å²) in [4.78, 5) is 28.6. The minimum atomic E-state index is -0.328. The number of anilines is 1. The highest BCUT2D eigenvalue weighted by atomic mass is 32.2. The van der Waals surface area contributed by atoms with Crippen LogP contribution in [0.5, 0.6) is 5.75 Å². The summed E-state index contributed by atoms with van der Waals surface area (Å²) >= 11 is 1.57. The van der Waals surface area contributed by atoms with Gasteiger partial charge in [-0.05, 0) is 48.9 Å². The number of carbonyl (C=O) groups is 2. The molecule has 2 aromatic carbocycles. The summed E-state index contributed by atoms with van der Waals surface area (Å²) in [5.74, 6) is 1.77. The first kappa shape index (κ1) is 27.6. The molecule has 9 heteroatoms. The van der Waals surface area contributed by atoms with Gasteiger partial charge in [-0.3, -0.25) is 14.5 Å². The fourth-order valence-electron chi connectivity index (χ4n) is 4.87. The van der Waals surface area contributed by atoms with E-state index >= 15 is 0 Å². The zero-order valence-corrected chi connectivity index (χ0v) is 24.2. The molecule has 0 unspecified atom stereocenters. The number of aromatic nitrogens is 2. The fraction of sp³-hybridized carbons (Fsp3) is 0.323. The molecule has 0 saturated carbocycles. The Kier molecular flexibility index (Phi) is 7.76. The second kappa shape index (κ2) is 11.3. The summed E-state index contributed by atoms with van der Waals surface area (Å²) in [7, 11) is 1.62. The summed E-state index contributed by atoms with van der Waals surface area (Å²) in [5, 5.41) is 7.87. The van der Waals surface area contributed by atoms with Crippen LogP contribution in [0.1, 0.15) is 54.2 Å². The highest BCUT2D eigenvalue weighted by Gasteiger charge is 2.40. The number of furan rings is 1. The van der Waals surface area contributed by atoms with Crippen molar-refractivity contribution in [3.8, 4) is 11.4 Å². The van der Waals surface area contributed by atoms with Crippen molar-refractivity contribution in [2.45, 2.75) is 44.9 Å². The number of ether oxygens (including phenoxy) is 1. The van der Waals surface area contributed by atoms with E-state index in [0.717, 1.165) is 33.8 Å². The van der Waals surface area contributed by atoms with Crippen LogP contribution in [-0.2, 0) is 21.5 Å². The Morgan fingerprint density at radius 2 is 1.93 bits per heavy atom. The van der Waals surface area contributed by atoms with Crippen molar-refractivity contribution in [1.29, 1.82) is 0 Å². The Hall–Kier alpha value is -3.98. The molecule has 0 bridgehead atoms. The Morgan fingerprint density at radius 1 is 1.15 bits per heavy atom. The molecule has 2 amide bonds. The van der Waals surface area contributed by atoms with Crippen LogP contribution in [-0.4, -0.2) is 41.0 Å². The predicted molar refractivity (Wildman–Crippen MR) is 157 cm³/mol. The van der Waals surface area contributed by atoms with Crippen LogP contribution < -0.4 is 15.0 Å². The number of thioether (sulfide) groups is 1. The molecule has 1 aliphatic rings. The maximum absolute atomic E-state index is 13.8. The van der Waals surface area contributed by atoms with Gasteiger partial charge < -0.3 is 14.5 Å². The van der Waals surface area contributed by atoms with Crippen molar-refractivity contribution < 1.29 is 18.7 Å². The third kappa shape index (κ3) is 5.65. The van der Waals surface area contributed by atoms with Gasteiger partial charge in [0.15, 0.2) is 0 Å². The van der Waals surface area contributed by atoms with Gasteiger partial charge in [-0.15, -0.1) is 11.8 Å². The van der Waals surface area contributed by atoms with Crippen molar-refractivity contribution in [2.24, 2.45) is 0 Å². The van der Waals surface area contributed by atoms with Crippen LogP contribution in [0.25, 0.3) is 5.69 Å². The molecule has 1 N–H and O–H groups in total. The van der Waals surface area contributed by atoms with Gasteiger partial charge in [0.2, 0.25) is 11.8 Å². The summed E-state index contributed by atoms with van der Waals surface area (Å²) in [5.41, 5.74) is 4.52. The summed E-state index contributed by atoms with van der Waals surface area (Å²) in [6.07, 6.45) is 1.57. The van der Waals surface area contributed by atoms with E-state index in [-0.39, 0.29) is 41.3 Å². The molecular weight excluding hydrogens is 524 g/mol. The van der Waals surface area contributed by atoms with Crippen molar-refractivity contribution in [3.05, 3.63) is 95.1 Å². The van der Waals surface area contributed by atoms with Crippen molar-refractivity contribution in [2.75, 3.05) is 24.3 Å². The third-order valence-electron chi connectivity index (χ3n) is 6.80. The molecular formula is C31H34N4O4S. The molecule has 5 rings (SSSR count). The predicted octanol–water partition coefficient (Wildman–Crippen LogP) is 5.57. The molecule has 0 spiro atoms. The zero-order chi connectivity index (χ0) is 28.4. The van der Waals surface area contributed by atoms with Crippen molar-refractivity contribution in [1.82, 2.24) is 15.1 Å². The molecule has 1 atom stereocenters. The number of methoxy groups -OCH3 is 1. The smallest absolute Gasteiger partial charge is 0.240 e. The van der Waals surface area contributed by atoms with E-state index in [0.29, 0.717) is 11.6 Å². The van der Waals surface area contributed by atoms with Crippen LogP contribution in [0.15, 0.2) is 71.3 Å².